The summed E-state index contributed by atoms with van der Waals surface area (Å²) in [6, 6.07) is 28.1. The maximum Gasteiger partial charge on any atom is 0.251 e. The highest BCUT2D eigenvalue weighted by Gasteiger charge is 2.08. The zero-order valence-corrected chi connectivity index (χ0v) is 17.6. The minimum atomic E-state index is -0.0437. The van der Waals surface area contributed by atoms with Crippen LogP contribution < -0.4 is 5.32 Å². The lowest BCUT2D eigenvalue weighted by Gasteiger charge is -2.06. The molecule has 0 radical (unpaired) electrons. The van der Waals surface area contributed by atoms with Crippen LogP contribution in [-0.4, -0.2) is 22.4 Å². The van der Waals surface area contributed by atoms with E-state index in [0.29, 0.717) is 12.1 Å². The van der Waals surface area contributed by atoms with E-state index in [1.807, 2.05) is 54.7 Å². The highest BCUT2D eigenvalue weighted by molar-refractivity contribution is 6.06. The summed E-state index contributed by atoms with van der Waals surface area (Å²) in [7, 11) is 0. The number of fused-ring (bicyclic) bond motifs is 3. The SMILES string of the molecule is O=C(NCCc1ccc2[nH]c3ncc(/C=C/c4ccccc4)cc3c2c1)c1ccccc1. The van der Waals surface area contributed by atoms with Gasteiger partial charge in [0.05, 0.1) is 0 Å². The Kier molecular flexibility index (Phi) is 5.50. The third kappa shape index (κ3) is 4.30. The molecule has 0 aliphatic rings. The molecule has 0 aliphatic heterocycles. The number of hydrogen-bond donors (Lipinski definition) is 2. The summed E-state index contributed by atoms with van der Waals surface area (Å²) < 4.78 is 0. The second-order valence-corrected chi connectivity index (χ2v) is 7.79. The van der Waals surface area contributed by atoms with Crippen LogP contribution in [0, 0.1) is 0 Å². The molecule has 2 aromatic heterocycles. The van der Waals surface area contributed by atoms with Gasteiger partial charge in [-0.1, -0.05) is 66.7 Å². The number of hydrogen-bond acceptors (Lipinski definition) is 2. The predicted molar refractivity (Wildman–Crippen MR) is 131 cm³/mol. The van der Waals surface area contributed by atoms with Crippen molar-refractivity contribution in [2.45, 2.75) is 6.42 Å². The van der Waals surface area contributed by atoms with Crippen LogP contribution in [0.15, 0.2) is 91.1 Å². The number of amides is 1. The summed E-state index contributed by atoms with van der Waals surface area (Å²) >= 11 is 0. The van der Waals surface area contributed by atoms with Gasteiger partial charge in [0.25, 0.3) is 5.91 Å². The Bertz CT molecular complexity index is 1400. The van der Waals surface area contributed by atoms with Crippen LogP contribution in [0.3, 0.4) is 0 Å². The largest absolute Gasteiger partial charge is 0.352 e. The van der Waals surface area contributed by atoms with E-state index < -0.39 is 0 Å². The monoisotopic (exact) mass is 417 g/mol. The number of carbonyl (C=O) groups excluding carboxylic acids is 1. The molecular formula is C28H23N3O. The topological polar surface area (TPSA) is 57.8 Å². The standard InChI is InChI=1S/C28H23N3O/c32-28(23-9-5-2-6-10-23)29-16-15-21-13-14-26-24(17-21)25-18-22(19-30-27(25)31-26)12-11-20-7-3-1-4-8-20/h1-14,17-19H,15-16H2,(H,29,32)(H,30,31)/b12-11+. The molecule has 32 heavy (non-hydrogen) atoms. The molecule has 0 unspecified atom stereocenters. The zero-order valence-electron chi connectivity index (χ0n) is 17.6. The van der Waals surface area contributed by atoms with E-state index in [1.165, 1.54) is 5.56 Å². The summed E-state index contributed by atoms with van der Waals surface area (Å²) in [5, 5.41) is 5.25. The number of aromatic nitrogens is 2. The summed E-state index contributed by atoms with van der Waals surface area (Å²) in [6.07, 6.45) is 6.83. The van der Waals surface area contributed by atoms with Gasteiger partial charge in [0, 0.05) is 34.6 Å². The molecule has 5 aromatic rings. The lowest BCUT2D eigenvalue weighted by molar-refractivity contribution is 0.0954. The van der Waals surface area contributed by atoms with E-state index in [9.17, 15) is 4.79 Å². The van der Waals surface area contributed by atoms with Gasteiger partial charge < -0.3 is 10.3 Å². The van der Waals surface area contributed by atoms with E-state index in [4.69, 9.17) is 0 Å². The Labute approximate surface area is 186 Å². The summed E-state index contributed by atoms with van der Waals surface area (Å²) in [4.78, 5) is 20.3. The van der Waals surface area contributed by atoms with Gasteiger partial charge in [-0.25, -0.2) is 4.98 Å². The fourth-order valence-electron chi connectivity index (χ4n) is 3.85. The lowest BCUT2D eigenvalue weighted by Crippen LogP contribution is -2.25. The molecule has 0 saturated carbocycles. The van der Waals surface area contributed by atoms with Crippen molar-refractivity contribution in [1.29, 1.82) is 0 Å². The highest BCUT2D eigenvalue weighted by Crippen LogP contribution is 2.26. The Morgan fingerprint density at radius 1 is 0.844 bits per heavy atom. The second kappa shape index (κ2) is 8.90. The smallest absolute Gasteiger partial charge is 0.251 e. The summed E-state index contributed by atoms with van der Waals surface area (Å²) in [6.45, 7) is 0.588. The van der Waals surface area contributed by atoms with Crippen LogP contribution in [0.2, 0.25) is 0 Å². The van der Waals surface area contributed by atoms with Gasteiger partial charge in [-0.3, -0.25) is 4.79 Å². The van der Waals surface area contributed by atoms with E-state index in [2.05, 4.69) is 63.8 Å². The van der Waals surface area contributed by atoms with Gasteiger partial charge in [0.2, 0.25) is 0 Å². The number of H-pyrrole nitrogens is 1. The van der Waals surface area contributed by atoms with Crippen molar-refractivity contribution < 1.29 is 4.79 Å². The van der Waals surface area contributed by atoms with Crippen molar-refractivity contribution in [3.63, 3.8) is 0 Å². The molecule has 0 aliphatic carbocycles. The molecule has 4 heteroatoms. The first kappa shape index (κ1) is 19.8. The minimum Gasteiger partial charge on any atom is -0.352 e. The highest BCUT2D eigenvalue weighted by atomic mass is 16.1. The number of rotatable bonds is 6. The van der Waals surface area contributed by atoms with Crippen LogP contribution in [0.5, 0.6) is 0 Å². The quantitative estimate of drug-likeness (QED) is 0.364. The van der Waals surface area contributed by atoms with Gasteiger partial charge in [0.15, 0.2) is 0 Å². The molecule has 2 heterocycles. The first-order chi connectivity index (χ1) is 15.8. The molecule has 0 fully saturated rings. The van der Waals surface area contributed by atoms with E-state index in [-0.39, 0.29) is 5.91 Å². The van der Waals surface area contributed by atoms with Crippen molar-refractivity contribution in [1.82, 2.24) is 15.3 Å². The maximum absolute atomic E-state index is 12.3. The average molecular weight is 418 g/mol. The van der Waals surface area contributed by atoms with Crippen LogP contribution in [-0.2, 0) is 6.42 Å². The number of pyridine rings is 1. The van der Waals surface area contributed by atoms with Gasteiger partial charge >= 0.3 is 0 Å². The average Bonchev–Trinajstić information content (AvgIpc) is 3.21. The maximum atomic E-state index is 12.3. The second-order valence-electron chi connectivity index (χ2n) is 7.79. The normalized spacial score (nSPS) is 11.4. The number of nitrogens with one attached hydrogen (secondary N) is 2. The molecule has 0 spiro atoms. The molecule has 2 N–H and O–H groups in total. The van der Waals surface area contributed by atoms with Gasteiger partial charge in [-0.05, 0) is 53.4 Å². The molecule has 3 aromatic carbocycles. The van der Waals surface area contributed by atoms with E-state index in [1.54, 1.807) is 0 Å². The van der Waals surface area contributed by atoms with Crippen LogP contribution >= 0.6 is 0 Å². The van der Waals surface area contributed by atoms with Crippen molar-refractivity contribution in [2.24, 2.45) is 0 Å². The Morgan fingerprint density at radius 2 is 1.59 bits per heavy atom. The predicted octanol–water partition coefficient (Wildman–Crippen LogP) is 5.86. The van der Waals surface area contributed by atoms with E-state index >= 15 is 0 Å². The Balaban J connectivity index is 1.34. The molecule has 0 saturated heterocycles. The molecular weight excluding hydrogens is 394 g/mol. The number of benzene rings is 3. The van der Waals surface area contributed by atoms with Crippen LogP contribution in [0.4, 0.5) is 0 Å². The van der Waals surface area contributed by atoms with Gasteiger partial charge in [0.1, 0.15) is 5.65 Å². The molecule has 1 amide bonds. The Hall–Kier alpha value is -4.18. The number of carbonyl (C=O) groups is 1. The number of aromatic amines is 1. The molecule has 5 rings (SSSR count). The number of nitrogens with zero attached hydrogens (tertiary/aromatic N) is 1. The third-order valence-corrected chi connectivity index (χ3v) is 5.54. The fourth-order valence-corrected chi connectivity index (χ4v) is 3.85. The minimum absolute atomic E-state index is 0.0437. The first-order valence-corrected chi connectivity index (χ1v) is 10.7. The zero-order chi connectivity index (χ0) is 21.8. The van der Waals surface area contributed by atoms with Crippen LogP contribution in [0.25, 0.3) is 34.1 Å². The summed E-state index contributed by atoms with van der Waals surface area (Å²) in [5.41, 5.74) is 6.02. The summed E-state index contributed by atoms with van der Waals surface area (Å²) in [5.74, 6) is -0.0437. The van der Waals surface area contributed by atoms with Crippen LogP contribution in [0.1, 0.15) is 27.0 Å². The van der Waals surface area contributed by atoms with Crippen molar-refractivity contribution in [2.75, 3.05) is 6.54 Å². The van der Waals surface area contributed by atoms with Crippen molar-refractivity contribution in [3.05, 3.63) is 113 Å². The van der Waals surface area contributed by atoms with Gasteiger partial charge in [-0.15, -0.1) is 0 Å². The molecule has 0 bridgehead atoms. The molecule has 156 valence electrons. The van der Waals surface area contributed by atoms with Gasteiger partial charge in [-0.2, -0.15) is 0 Å². The third-order valence-electron chi connectivity index (χ3n) is 5.54. The first-order valence-electron chi connectivity index (χ1n) is 10.7. The van der Waals surface area contributed by atoms with E-state index in [0.717, 1.165) is 39.5 Å². The molecule has 4 nitrogen and oxygen atoms in total. The fraction of sp³-hybridized carbons (Fsp3) is 0.0714. The molecule has 0 atom stereocenters. The lowest BCUT2D eigenvalue weighted by atomic mass is 10.1. The van der Waals surface area contributed by atoms with Crippen molar-refractivity contribution in [3.8, 4) is 0 Å². The van der Waals surface area contributed by atoms with Crippen molar-refractivity contribution >= 4 is 40.0 Å². The Morgan fingerprint density at radius 3 is 2.41 bits per heavy atom.